The third-order valence-corrected chi connectivity index (χ3v) is 2.23. The highest BCUT2D eigenvalue weighted by atomic mass is 31.1. The second-order valence-corrected chi connectivity index (χ2v) is 3.22. The summed E-state index contributed by atoms with van der Waals surface area (Å²) in [5.74, 6) is 0. The van der Waals surface area contributed by atoms with Crippen LogP contribution < -0.4 is 0 Å². The van der Waals surface area contributed by atoms with Gasteiger partial charge in [-0.15, -0.1) is 0 Å². The van der Waals surface area contributed by atoms with Crippen molar-refractivity contribution in [2.24, 2.45) is 5.16 Å². The molecule has 0 bridgehead atoms. The predicted octanol–water partition coefficient (Wildman–Crippen LogP) is 1.67. The minimum absolute atomic E-state index is 0.00469. The van der Waals surface area contributed by atoms with Crippen LogP contribution in [-0.4, -0.2) is 24.1 Å². The number of oxime groups is 1. The van der Waals surface area contributed by atoms with Crippen molar-refractivity contribution in [2.45, 2.75) is 26.4 Å². The maximum atomic E-state index is 10.9. The van der Waals surface area contributed by atoms with E-state index in [0.29, 0.717) is 0 Å². The van der Waals surface area contributed by atoms with Crippen LogP contribution in [0.25, 0.3) is 0 Å². The van der Waals surface area contributed by atoms with Crippen LogP contribution in [0.4, 0.5) is 0 Å². The highest BCUT2D eigenvalue weighted by Gasteiger charge is 2.04. The van der Waals surface area contributed by atoms with E-state index >= 15 is 0 Å². The summed E-state index contributed by atoms with van der Waals surface area (Å²) in [7, 11) is -2.43. The van der Waals surface area contributed by atoms with Crippen LogP contribution in [0.15, 0.2) is 5.16 Å². The van der Waals surface area contributed by atoms with Gasteiger partial charge >= 0.3 is 8.25 Å². The fraction of sp³-hybridized carbons (Fsp3) is 0.833. The van der Waals surface area contributed by atoms with Gasteiger partial charge in [-0.3, -0.25) is 4.57 Å². The van der Waals surface area contributed by atoms with Crippen molar-refractivity contribution >= 4 is 14.5 Å². The maximum absolute atomic E-state index is 10.9. The third kappa shape index (κ3) is 6.34. The summed E-state index contributed by atoms with van der Waals surface area (Å²) in [5, 5.41) is 10.6. The Hall–Kier alpha value is -0.380. The van der Waals surface area contributed by atoms with Gasteiger partial charge in [0.25, 0.3) is 0 Å². The molecular formula is C6H14NO4P. The smallest absolute Gasteiger partial charge is 0.319 e. The molecule has 12 heavy (non-hydrogen) atoms. The van der Waals surface area contributed by atoms with Crippen molar-refractivity contribution in [3.63, 3.8) is 0 Å². The molecule has 0 aromatic heterocycles. The first-order valence-electron chi connectivity index (χ1n) is 3.70. The summed E-state index contributed by atoms with van der Waals surface area (Å²) < 4.78 is 20.5. The van der Waals surface area contributed by atoms with Gasteiger partial charge in [-0.2, -0.15) is 0 Å². The normalized spacial score (nSPS) is 16.5. The van der Waals surface area contributed by atoms with Crippen LogP contribution in [0, 0.1) is 0 Å². The summed E-state index contributed by atoms with van der Waals surface area (Å²) in [5.41, 5.74) is 0. The lowest BCUT2D eigenvalue weighted by atomic mass is 10.3. The zero-order valence-electron chi connectivity index (χ0n) is 7.19. The second-order valence-electron chi connectivity index (χ2n) is 2.20. The molecule has 1 N–H and O–H groups in total. The van der Waals surface area contributed by atoms with E-state index in [1.54, 1.807) is 0 Å². The average Bonchev–Trinajstić information content (AvgIpc) is 2.05. The zero-order chi connectivity index (χ0) is 9.40. The molecule has 0 aliphatic rings. The van der Waals surface area contributed by atoms with Gasteiger partial charge < -0.3 is 14.3 Å². The molecule has 0 radical (unpaired) electrons. The van der Waals surface area contributed by atoms with Gasteiger partial charge in [0.2, 0.25) is 0 Å². The van der Waals surface area contributed by atoms with Crippen molar-refractivity contribution in [1.82, 2.24) is 0 Å². The Morgan fingerprint density at radius 1 is 1.75 bits per heavy atom. The predicted molar refractivity (Wildman–Crippen MR) is 46.1 cm³/mol. The Kier molecular flexibility index (Phi) is 7.05. The molecular weight excluding hydrogens is 181 g/mol. The molecule has 0 aromatic rings. The fourth-order valence-electron chi connectivity index (χ4n) is 0.420. The molecule has 0 saturated heterocycles. The van der Waals surface area contributed by atoms with Crippen molar-refractivity contribution in [3.05, 3.63) is 0 Å². The SMILES string of the molecule is CCC(C)O[PH](=O)OCC=NO. The van der Waals surface area contributed by atoms with E-state index in [2.05, 4.69) is 9.68 Å². The Morgan fingerprint density at radius 3 is 2.92 bits per heavy atom. The summed E-state index contributed by atoms with van der Waals surface area (Å²) in [6.07, 6.45) is 1.82. The van der Waals surface area contributed by atoms with E-state index in [0.717, 1.165) is 12.6 Å². The second kappa shape index (κ2) is 7.28. The lowest BCUT2D eigenvalue weighted by molar-refractivity contribution is 0.183. The summed E-state index contributed by atoms with van der Waals surface area (Å²) >= 11 is 0. The molecule has 0 aliphatic carbocycles. The number of hydrogen-bond acceptors (Lipinski definition) is 5. The van der Waals surface area contributed by atoms with E-state index in [1.165, 1.54) is 0 Å². The summed E-state index contributed by atoms with van der Waals surface area (Å²) in [6, 6.07) is 0. The lowest BCUT2D eigenvalue weighted by Crippen LogP contribution is -2.01. The Morgan fingerprint density at radius 2 is 2.42 bits per heavy atom. The van der Waals surface area contributed by atoms with Gasteiger partial charge in [-0.05, 0) is 13.3 Å². The van der Waals surface area contributed by atoms with Crippen molar-refractivity contribution in [2.75, 3.05) is 6.61 Å². The van der Waals surface area contributed by atoms with Gasteiger partial charge in [-0.25, -0.2) is 0 Å². The van der Waals surface area contributed by atoms with Crippen molar-refractivity contribution in [1.29, 1.82) is 0 Å². The Labute approximate surface area is 72.3 Å². The first-order valence-corrected chi connectivity index (χ1v) is 4.92. The van der Waals surface area contributed by atoms with Gasteiger partial charge in [0.1, 0.15) is 0 Å². The number of rotatable bonds is 6. The van der Waals surface area contributed by atoms with Crippen molar-refractivity contribution < 1.29 is 18.8 Å². The molecule has 0 rings (SSSR count). The van der Waals surface area contributed by atoms with Crippen molar-refractivity contribution in [3.8, 4) is 0 Å². The quantitative estimate of drug-likeness (QED) is 0.303. The molecule has 0 heterocycles. The Balaban J connectivity index is 3.46. The molecule has 72 valence electrons. The van der Waals surface area contributed by atoms with Crippen LogP contribution in [0.3, 0.4) is 0 Å². The third-order valence-electron chi connectivity index (χ3n) is 1.23. The molecule has 5 nitrogen and oxygen atoms in total. The maximum Gasteiger partial charge on any atom is 0.319 e. The standard InChI is InChI=1S/C6H14NO4P/c1-3-6(2)11-12(9)10-5-4-7-8/h4,6,8,12H,3,5H2,1-2H3. The van der Waals surface area contributed by atoms with E-state index < -0.39 is 8.25 Å². The lowest BCUT2D eigenvalue weighted by Gasteiger charge is -2.08. The topological polar surface area (TPSA) is 68.1 Å². The van der Waals surface area contributed by atoms with Crippen LogP contribution in [-0.2, 0) is 13.6 Å². The van der Waals surface area contributed by atoms with Gasteiger partial charge in [0, 0.05) is 0 Å². The largest absolute Gasteiger partial charge is 0.411 e. The first kappa shape index (κ1) is 11.6. The van der Waals surface area contributed by atoms with Gasteiger partial charge in [-0.1, -0.05) is 12.1 Å². The fourth-order valence-corrected chi connectivity index (χ4v) is 1.19. The monoisotopic (exact) mass is 195 g/mol. The van der Waals surface area contributed by atoms with Crippen LogP contribution in [0.1, 0.15) is 20.3 Å². The molecule has 0 amide bonds. The number of hydrogen-bond donors (Lipinski definition) is 1. The van der Waals surface area contributed by atoms with Crippen LogP contribution >= 0.6 is 8.25 Å². The van der Waals surface area contributed by atoms with E-state index in [-0.39, 0.29) is 12.7 Å². The highest BCUT2D eigenvalue weighted by Crippen LogP contribution is 2.26. The molecule has 0 aliphatic heterocycles. The molecule has 6 heteroatoms. The minimum atomic E-state index is -2.43. The summed E-state index contributed by atoms with van der Waals surface area (Å²) in [6.45, 7) is 3.74. The zero-order valence-corrected chi connectivity index (χ0v) is 8.19. The highest BCUT2D eigenvalue weighted by molar-refractivity contribution is 7.33. The number of nitrogens with zero attached hydrogens (tertiary/aromatic N) is 1. The first-order chi connectivity index (χ1) is 5.70. The minimum Gasteiger partial charge on any atom is -0.411 e. The molecule has 2 atom stereocenters. The van der Waals surface area contributed by atoms with Crippen LogP contribution in [0.2, 0.25) is 0 Å². The molecule has 0 aromatic carbocycles. The van der Waals surface area contributed by atoms with Gasteiger partial charge in [0.15, 0.2) is 0 Å². The molecule has 2 unspecified atom stereocenters. The Bertz CT molecular complexity index is 162. The molecule has 0 saturated carbocycles. The molecule has 0 spiro atoms. The van der Waals surface area contributed by atoms with E-state index in [4.69, 9.17) is 9.73 Å². The summed E-state index contributed by atoms with van der Waals surface area (Å²) in [4.78, 5) is 0. The van der Waals surface area contributed by atoms with Crippen LogP contribution in [0.5, 0.6) is 0 Å². The van der Waals surface area contributed by atoms with E-state index in [1.807, 2.05) is 13.8 Å². The van der Waals surface area contributed by atoms with E-state index in [9.17, 15) is 4.57 Å². The molecule has 0 fully saturated rings. The van der Waals surface area contributed by atoms with Gasteiger partial charge in [0.05, 0.1) is 18.9 Å². The average molecular weight is 195 g/mol.